The van der Waals surface area contributed by atoms with Crippen LogP contribution in [0.25, 0.3) is 11.3 Å². The van der Waals surface area contributed by atoms with E-state index in [4.69, 9.17) is 11.6 Å². The first-order valence-corrected chi connectivity index (χ1v) is 7.68. The normalized spacial score (nSPS) is 11.0. The molecule has 0 bridgehead atoms. The molecule has 0 saturated heterocycles. The van der Waals surface area contributed by atoms with E-state index in [9.17, 15) is 9.90 Å². The highest BCUT2D eigenvalue weighted by molar-refractivity contribution is 6.30. The Balaban J connectivity index is 1.85. The average molecular weight is 333 g/mol. The maximum absolute atomic E-state index is 12.1. The Bertz CT molecular complexity index is 878. The second-order valence-electron chi connectivity index (χ2n) is 5.37. The molecule has 0 aliphatic carbocycles. The number of rotatable bonds is 5. The van der Waals surface area contributed by atoms with Gasteiger partial charge in [0.2, 0.25) is 5.88 Å². The monoisotopic (exact) mass is 332 g/mol. The zero-order chi connectivity index (χ0) is 16.4. The molecule has 120 valence electrons. The minimum atomic E-state index is -0.333. The van der Waals surface area contributed by atoms with Gasteiger partial charge in [-0.3, -0.25) is 9.55 Å². The van der Waals surface area contributed by atoms with Gasteiger partial charge in [-0.05, 0) is 25.5 Å². The third kappa shape index (κ3) is 3.17. The number of imidazole rings is 2. The predicted molar refractivity (Wildman–Crippen MR) is 88.7 cm³/mol. The van der Waals surface area contributed by atoms with Crippen molar-refractivity contribution in [3.05, 3.63) is 58.0 Å². The summed E-state index contributed by atoms with van der Waals surface area (Å²) in [7, 11) is 0. The Hall–Kier alpha value is -2.47. The van der Waals surface area contributed by atoms with Crippen molar-refractivity contribution in [2.45, 2.75) is 26.4 Å². The smallest absolute Gasteiger partial charge is 0.328 e. The van der Waals surface area contributed by atoms with Crippen LogP contribution in [0, 0.1) is 6.92 Å². The number of H-pyrrole nitrogens is 1. The van der Waals surface area contributed by atoms with Crippen LogP contribution < -0.4 is 5.69 Å². The zero-order valence-corrected chi connectivity index (χ0v) is 13.4. The van der Waals surface area contributed by atoms with Gasteiger partial charge in [-0.1, -0.05) is 23.7 Å². The van der Waals surface area contributed by atoms with Crippen LogP contribution in [0.3, 0.4) is 0 Å². The standard InChI is InChI=1S/C16H17ClN4O2/c1-11-9-18-10-20(11)6-3-7-21-14(15(22)19-16(21)23)12-4-2-5-13(17)8-12/h2,4-5,8-10,22H,3,6-7H2,1H3,(H,19,23). The summed E-state index contributed by atoms with van der Waals surface area (Å²) in [5.41, 5.74) is 1.90. The molecule has 0 saturated carbocycles. The number of aromatic hydroxyl groups is 1. The van der Waals surface area contributed by atoms with Crippen LogP contribution in [0.4, 0.5) is 0 Å². The van der Waals surface area contributed by atoms with E-state index in [0.29, 0.717) is 22.8 Å². The molecule has 7 heteroatoms. The minimum Gasteiger partial charge on any atom is -0.493 e. The van der Waals surface area contributed by atoms with Gasteiger partial charge in [-0.2, -0.15) is 0 Å². The molecular formula is C16H17ClN4O2. The molecule has 0 unspecified atom stereocenters. The third-order valence-corrected chi connectivity index (χ3v) is 4.00. The summed E-state index contributed by atoms with van der Waals surface area (Å²) in [5.74, 6) is -0.143. The van der Waals surface area contributed by atoms with E-state index < -0.39 is 0 Å². The molecule has 1 aromatic carbocycles. The van der Waals surface area contributed by atoms with Crippen molar-refractivity contribution >= 4 is 11.6 Å². The number of hydrogen-bond acceptors (Lipinski definition) is 3. The number of benzene rings is 1. The van der Waals surface area contributed by atoms with Gasteiger partial charge < -0.3 is 9.67 Å². The van der Waals surface area contributed by atoms with Gasteiger partial charge in [0.15, 0.2) is 0 Å². The van der Waals surface area contributed by atoms with Gasteiger partial charge in [-0.15, -0.1) is 0 Å². The molecule has 0 radical (unpaired) electrons. The Labute approximate surface area is 138 Å². The van der Waals surface area contributed by atoms with Crippen molar-refractivity contribution in [1.82, 2.24) is 19.1 Å². The predicted octanol–water partition coefficient (Wildman–Crippen LogP) is 2.80. The lowest BCUT2D eigenvalue weighted by molar-refractivity contribution is 0.457. The number of nitrogens with one attached hydrogen (secondary N) is 1. The molecule has 2 N–H and O–H groups in total. The van der Waals surface area contributed by atoms with Crippen LogP contribution in [0.2, 0.25) is 5.02 Å². The van der Waals surface area contributed by atoms with Crippen LogP contribution in [0.15, 0.2) is 41.6 Å². The fraction of sp³-hybridized carbons (Fsp3) is 0.250. The van der Waals surface area contributed by atoms with E-state index in [1.165, 1.54) is 4.57 Å². The number of aromatic amines is 1. The van der Waals surface area contributed by atoms with E-state index in [1.807, 2.05) is 17.6 Å². The van der Waals surface area contributed by atoms with Crippen LogP contribution in [0.1, 0.15) is 12.1 Å². The maximum atomic E-state index is 12.1. The van der Waals surface area contributed by atoms with Gasteiger partial charge in [-0.25, -0.2) is 9.78 Å². The van der Waals surface area contributed by atoms with Gasteiger partial charge in [0.1, 0.15) is 5.69 Å². The zero-order valence-electron chi connectivity index (χ0n) is 12.7. The molecule has 0 amide bonds. The molecule has 0 fully saturated rings. The minimum absolute atomic E-state index is 0.143. The summed E-state index contributed by atoms with van der Waals surface area (Å²) in [6.07, 6.45) is 4.30. The van der Waals surface area contributed by atoms with Crippen LogP contribution in [-0.4, -0.2) is 24.2 Å². The van der Waals surface area contributed by atoms with Crippen LogP contribution in [-0.2, 0) is 13.1 Å². The van der Waals surface area contributed by atoms with E-state index in [2.05, 4.69) is 9.97 Å². The average Bonchev–Trinajstić information content (AvgIpc) is 3.03. The molecule has 0 atom stereocenters. The van der Waals surface area contributed by atoms with E-state index in [1.54, 1.807) is 30.7 Å². The van der Waals surface area contributed by atoms with Crippen LogP contribution >= 0.6 is 11.6 Å². The molecule has 2 heterocycles. The molecule has 23 heavy (non-hydrogen) atoms. The van der Waals surface area contributed by atoms with Crippen molar-refractivity contribution in [3.8, 4) is 17.1 Å². The van der Waals surface area contributed by atoms with E-state index >= 15 is 0 Å². The molecular weight excluding hydrogens is 316 g/mol. The highest BCUT2D eigenvalue weighted by Crippen LogP contribution is 2.28. The molecule has 6 nitrogen and oxygen atoms in total. The van der Waals surface area contributed by atoms with Gasteiger partial charge >= 0.3 is 5.69 Å². The lowest BCUT2D eigenvalue weighted by Crippen LogP contribution is -2.18. The van der Waals surface area contributed by atoms with Gasteiger partial charge in [0.05, 0.1) is 6.33 Å². The quantitative estimate of drug-likeness (QED) is 0.754. The fourth-order valence-corrected chi connectivity index (χ4v) is 2.81. The topological polar surface area (TPSA) is 75.8 Å². The first-order chi connectivity index (χ1) is 11.1. The largest absolute Gasteiger partial charge is 0.493 e. The molecule has 0 aliphatic rings. The summed E-state index contributed by atoms with van der Waals surface area (Å²) in [4.78, 5) is 18.6. The summed E-state index contributed by atoms with van der Waals surface area (Å²) >= 11 is 6.01. The summed E-state index contributed by atoms with van der Waals surface area (Å²) in [6.45, 7) is 3.22. The van der Waals surface area contributed by atoms with Gasteiger partial charge in [0, 0.05) is 35.6 Å². The second kappa shape index (κ2) is 6.34. The number of aromatic nitrogens is 4. The SMILES string of the molecule is Cc1cncn1CCCn1c(-c2cccc(Cl)c2)c(O)[nH]c1=O. The molecule has 3 aromatic rings. The number of aryl methyl sites for hydroxylation is 2. The van der Waals surface area contributed by atoms with Crippen molar-refractivity contribution in [2.24, 2.45) is 0 Å². The van der Waals surface area contributed by atoms with Crippen molar-refractivity contribution in [3.63, 3.8) is 0 Å². The highest BCUT2D eigenvalue weighted by Gasteiger charge is 2.15. The van der Waals surface area contributed by atoms with Crippen molar-refractivity contribution in [2.75, 3.05) is 0 Å². The number of nitrogens with zero attached hydrogens (tertiary/aromatic N) is 3. The Kier molecular flexibility index (Phi) is 4.25. The second-order valence-corrected chi connectivity index (χ2v) is 5.81. The summed E-state index contributed by atoms with van der Waals surface area (Å²) < 4.78 is 3.56. The molecule has 0 spiro atoms. The first kappa shape index (κ1) is 15.4. The third-order valence-electron chi connectivity index (χ3n) is 3.76. The lowest BCUT2D eigenvalue weighted by atomic mass is 10.1. The Morgan fingerprint density at radius 1 is 1.35 bits per heavy atom. The summed E-state index contributed by atoms with van der Waals surface area (Å²) in [5, 5.41) is 10.6. The maximum Gasteiger partial charge on any atom is 0.328 e. The Morgan fingerprint density at radius 3 is 2.87 bits per heavy atom. The van der Waals surface area contributed by atoms with Crippen molar-refractivity contribution in [1.29, 1.82) is 0 Å². The molecule has 3 rings (SSSR count). The van der Waals surface area contributed by atoms with Crippen LogP contribution in [0.5, 0.6) is 5.88 Å². The molecule has 2 aromatic heterocycles. The van der Waals surface area contributed by atoms with E-state index in [-0.39, 0.29) is 11.6 Å². The summed E-state index contributed by atoms with van der Waals surface area (Å²) in [6, 6.07) is 7.07. The van der Waals surface area contributed by atoms with E-state index in [0.717, 1.165) is 18.7 Å². The first-order valence-electron chi connectivity index (χ1n) is 7.30. The highest BCUT2D eigenvalue weighted by atomic mass is 35.5. The fourth-order valence-electron chi connectivity index (χ4n) is 2.62. The number of hydrogen-bond donors (Lipinski definition) is 2. The number of halogens is 1. The van der Waals surface area contributed by atoms with Gasteiger partial charge in [0.25, 0.3) is 0 Å². The lowest BCUT2D eigenvalue weighted by Gasteiger charge is -2.09. The Morgan fingerprint density at radius 2 is 2.17 bits per heavy atom. The van der Waals surface area contributed by atoms with Crippen molar-refractivity contribution < 1.29 is 5.11 Å². The molecule has 0 aliphatic heterocycles.